The minimum atomic E-state index is -0.190. The maximum Gasteiger partial charge on any atom is 0.306 e. The Morgan fingerprint density at radius 1 is 0.524 bits per heavy atom. The topological polar surface area (TPSA) is 121 Å². The number of ether oxygens (including phenoxy) is 2. The first-order chi connectivity index (χ1) is 30.8. The quantitative estimate of drug-likeness (QED) is 0.0350. The number of nitrogens with one attached hydrogen (secondary N) is 4. The lowest BCUT2D eigenvalue weighted by Crippen LogP contribution is -2.48. The van der Waals surface area contributed by atoms with Crippen LogP contribution in [0.2, 0.25) is 0 Å². The number of hydrogen-bond acceptors (Lipinski definition) is 9. The molecule has 63 heavy (non-hydrogen) atoms. The van der Waals surface area contributed by atoms with Gasteiger partial charge in [0.1, 0.15) is 17.9 Å². The highest BCUT2D eigenvalue weighted by molar-refractivity contribution is 5.95. The summed E-state index contributed by atoms with van der Waals surface area (Å²) >= 11 is 0. The van der Waals surface area contributed by atoms with Crippen LogP contribution in [0.15, 0.2) is 23.7 Å². The van der Waals surface area contributed by atoms with Gasteiger partial charge in [0.25, 0.3) is 5.91 Å². The van der Waals surface area contributed by atoms with Crippen LogP contribution in [-0.4, -0.2) is 68.2 Å². The summed E-state index contributed by atoms with van der Waals surface area (Å²) in [6.45, 7) is 16.6. The Morgan fingerprint density at radius 2 is 0.921 bits per heavy atom. The molecule has 1 amide bonds. The standard InChI is InChI=1S/C53H101N5O5/c1-7-11-14-17-22-29-37-47(10-4)62-49(59)40-32-25-20-27-34-43-58(45-36-42-55-52-51(54-6)46(5)56-57-53(52)61)44-35-28-21-26-33-41-50(60)63-48(38-30-23-18-15-12-8-2)39-31-24-19-16-13-9-3/h47-48,54-56H,5,7-45H2,1-4,6H3,(H,57,61). The van der Waals surface area contributed by atoms with Crippen molar-refractivity contribution in [1.82, 2.24) is 26.4 Å². The van der Waals surface area contributed by atoms with Crippen molar-refractivity contribution >= 4 is 17.8 Å². The number of rotatable bonds is 46. The van der Waals surface area contributed by atoms with Crippen molar-refractivity contribution in [3.63, 3.8) is 0 Å². The lowest BCUT2D eigenvalue weighted by molar-refractivity contribution is -0.150. The van der Waals surface area contributed by atoms with Gasteiger partial charge in [-0.1, -0.05) is 169 Å². The molecule has 1 unspecified atom stereocenters. The number of likely N-dealkylation sites (N-methyl/N-ethyl adjacent to an activating group) is 1. The van der Waals surface area contributed by atoms with E-state index in [-0.39, 0.29) is 30.1 Å². The van der Waals surface area contributed by atoms with Crippen LogP contribution in [0.5, 0.6) is 0 Å². The monoisotopic (exact) mass is 888 g/mol. The maximum atomic E-state index is 12.9. The van der Waals surface area contributed by atoms with Gasteiger partial charge in [0, 0.05) is 26.4 Å². The van der Waals surface area contributed by atoms with Gasteiger partial charge in [-0.05, 0) is 96.7 Å². The molecule has 0 spiro atoms. The van der Waals surface area contributed by atoms with Crippen molar-refractivity contribution in [2.24, 2.45) is 0 Å². The summed E-state index contributed by atoms with van der Waals surface area (Å²) in [5.74, 6) is -0.211. The molecule has 0 radical (unpaired) electrons. The fraction of sp³-hybridized carbons (Fsp3) is 0.868. The van der Waals surface area contributed by atoms with Gasteiger partial charge in [-0.25, -0.2) is 0 Å². The van der Waals surface area contributed by atoms with E-state index in [0.29, 0.717) is 36.5 Å². The summed E-state index contributed by atoms with van der Waals surface area (Å²) in [5, 5.41) is 6.43. The fourth-order valence-corrected chi connectivity index (χ4v) is 8.64. The predicted octanol–water partition coefficient (Wildman–Crippen LogP) is 13.0. The molecule has 0 bridgehead atoms. The van der Waals surface area contributed by atoms with E-state index in [1.54, 1.807) is 7.05 Å². The van der Waals surface area contributed by atoms with Gasteiger partial charge in [-0.3, -0.25) is 25.2 Å². The van der Waals surface area contributed by atoms with Crippen molar-refractivity contribution < 1.29 is 23.9 Å². The maximum absolute atomic E-state index is 12.9. The third kappa shape index (κ3) is 32.5. The molecule has 10 nitrogen and oxygen atoms in total. The van der Waals surface area contributed by atoms with Gasteiger partial charge in [0.05, 0.1) is 11.4 Å². The molecule has 0 aromatic rings. The largest absolute Gasteiger partial charge is 0.462 e. The Bertz CT molecular complexity index is 1160. The van der Waals surface area contributed by atoms with Crippen LogP contribution >= 0.6 is 0 Å². The van der Waals surface area contributed by atoms with Crippen molar-refractivity contribution in [1.29, 1.82) is 0 Å². The average molecular weight is 888 g/mol. The molecule has 0 aromatic carbocycles. The first-order valence-electron chi connectivity index (χ1n) is 26.8. The number of unbranched alkanes of at least 4 members (excludes halogenated alkanes) is 23. The van der Waals surface area contributed by atoms with Gasteiger partial charge in [-0.2, -0.15) is 0 Å². The molecule has 1 heterocycles. The summed E-state index contributed by atoms with van der Waals surface area (Å²) in [6, 6.07) is 0. The molecule has 0 aromatic heterocycles. The average Bonchev–Trinajstić information content (AvgIpc) is 3.28. The van der Waals surface area contributed by atoms with Crippen LogP contribution in [0.1, 0.15) is 252 Å². The minimum absolute atomic E-state index is 0.00417. The number of hydrogen-bond donors (Lipinski definition) is 4. The molecule has 0 fully saturated rings. The molecule has 0 aliphatic carbocycles. The SMILES string of the molecule is C=C1NNC(=O)C(NCCCN(CCCCCCCC(=O)OC(CC)CCCCCCCC)CCCCCCCC(=O)OC(CCCCCCCC)CCCCCCCC)=C1NC. The molecule has 368 valence electrons. The highest BCUT2D eigenvalue weighted by Gasteiger charge is 2.22. The number of carbonyl (C=O) groups excluding carboxylic acids is 3. The van der Waals surface area contributed by atoms with E-state index in [4.69, 9.17) is 9.47 Å². The van der Waals surface area contributed by atoms with E-state index in [9.17, 15) is 14.4 Å². The van der Waals surface area contributed by atoms with E-state index < -0.39 is 0 Å². The second-order valence-corrected chi connectivity index (χ2v) is 18.5. The molecule has 1 atom stereocenters. The van der Waals surface area contributed by atoms with Crippen molar-refractivity contribution in [2.75, 3.05) is 33.2 Å². The predicted molar refractivity (Wildman–Crippen MR) is 265 cm³/mol. The summed E-state index contributed by atoms with van der Waals surface area (Å²) < 4.78 is 11.9. The van der Waals surface area contributed by atoms with Gasteiger partial charge in [0.2, 0.25) is 0 Å². The third-order valence-electron chi connectivity index (χ3n) is 12.7. The van der Waals surface area contributed by atoms with Gasteiger partial charge >= 0.3 is 11.9 Å². The zero-order chi connectivity index (χ0) is 46.0. The summed E-state index contributed by atoms with van der Waals surface area (Å²) in [7, 11) is 1.80. The van der Waals surface area contributed by atoms with Crippen molar-refractivity contribution in [3.8, 4) is 0 Å². The number of hydrazine groups is 1. The molecule has 1 aliphatic rings. The van der Waals surface area contributed by atoms with E-state index >= 15 is 0 Å². The molecule has 0 saturated heterocycles. The van der Waals surface area contributed by atoms with Crippen LogP contribution in [0.25, 0.3) is 0 Å². The molecule has 10 heteroatoms. The normalized spacial score (nSPS) is 13.4. The number of amides is 1. The number of esters is 2. The first kappa shape index (κ1) is 58.3. The zero-order valence-corrected chi connectivity index (χ0v) is 41.9. The zero-order valence-electron chi connectivity index (χ0n) is 41.9. The number of carbonyl (C=O) groups is 3. The minimum Gasteiger partial charge on any atom is -0.462 e. The summed E-state index contributed by atoms with van der Waals surface area (Å²) in [6.07, 6.45) is 39.7. The molecule has 1 aliphatic heterocycles. The lowest BCUT2D eigenvalue weighted by atomic mass is 10.0. The van der Waals surface area contributed by atoms with Crippen LogP contribution in [0.3, 0.4) is 0 Å². The van der Waals surface area contributed by atoms with Gasteiger partial charge in [0.15, 0.2) is 0 Å². The van der Waals surface area contributed by atoms with E-state index in [1.807, 2.05) is 0 Å². The lowest BCUT2D eigenvalue weighted by Gasteiger charge is -2.25. The van der Waals surface area contributed by atoms with Crippen LogP contribution in [-0.2, 0) is 23.9 Å². The Balaban J connectivity index is 2.47. The first-order valence-corrected chi connectivity index (χ1v) is 26.8. The van der Waals surface area contributed by atoms with Crippen LogP contribution < -0.4 is 21.5 Å². The Labute approximate surface area is 388 Å². The van der Waals surface area contributed by atoms with Crippen molar-refractivity contribution in [3.05, 3.63) is 23.7 Å². The summed E-state index contributed by atoms with van der Waals surface area (Å²) in [5.41, 5.74) is 7.32. The van der Waals surface area contributed by atoms with Gasteiger partial charge < -0.3 is 25.0 Å². The highest BCUT2D eigenvalue weighted by Crippen LogP contribution is 2.19. The van der Waals surface area contributed by atoms with E-state index in [1.165, 1.54) is 109 Å². The molecule has 4 N–H and O–H groups in total. The van der Waals surface area contributed by atoms with E-state index in [2.05, 4.69) is 60.7 Å². The molecular weight excluding hydrogens is 787 g/mol. The Kier molecular flexibility index (Phi) is 38.8. The highest BCUT2D eigenvalue weighted by atomic mass is 16.5. The van der Waals surface area contributed by atoms with E-state index in [0.717, 1.165) is 122 Å². The second kappa shape index (κ2) is 41.9. The number of nitrogens with zero attached hydrogens (tertiary/aromatic N) is 1. The molecule has 0 saturated carbocycles. The molecule has 1 rings (SSSR count). The Hall–Kier alpha value is -2.75. The fourth-order valence-electron chi connectivity index (χ4n) is 8.64. The second-order valence-electron chi connectivity index (χ2n) is 18.5. The Morgan fingerprint density at radius 3 is 1.38 bits per heavy atom. The van der Waals surface area contributed by atoms with Gasteiger partial charge in [-0.15, -0.1) is 0 Å². The third-order valence-corrected chi connectivity index (χ3v) is 12.7. The smallest absolute Gasteiger partial charge is 0.306 e. The molecular formula is C53H101N5O5. The van der Waals surface area contributed by atoms with Crippen molar-refractivity contribution in [2.45, 2.75) is 265 Å². The van der Waals surface area contributed by atoms with Crippen LogP contribution in [0, 0.1) is 0 Å². The van der Waals surface area contributed by atoms with Crippen LogP contribution in [0.4, 0.5) is 0 Å². The summed E-state index contributed by atoms with van der Waals surface area (Å²) in [4.78, 5) is 40.5.